The first-order valence-electron chi connectivity index (χ1n) is 5.86. The van der Waals surface area contributed by atoms with Gasteiger partial charge < -0.3 is 5.32 Å². The van der Waals surface area contributed by atoms with E-state index >= 15 is 0 Å². The molecule has 0 aliphatic heterocycles. The van der Waals surface area contributed by atoms with E-state index in [-0.39, 0.29) is 0 Å². The maximum absolute atomic E-state index is 8.93. The van der Waals surface area contributed by atoms with Gasteiger partial charge in [-0.2, -0.15) is 5.26 Å². The standard InChI is InChI=1S/C13H14N4S/c1-2-11-9-17-12(18-11)5-7-16-13-10(8-14)4-3-6-15-13/h3-4,6,9H,2,5,7H2,1H3,(H,15,16). The quantitative estimate of drug-likeness (QED) is 0.895. The van der Waals surface area contributed by atoms with Crippen LogP contribution in [-0.2, 0) is 12.8 Å². The summed E-state index contributed by atoms with van der Waals surface area (Å²) in [5.74, 6) is 0.646. The van der Waals surface area contributed by atoms with E-state index in [0.717, 1.165) is 24.4 Å². The molecule has 4 nitrogen and oxygen atoms in total. The van der Waals surface area contributed by atoms with Crippen molar-refractivity contribution in [2.75, 3.05) is 11.9 Å². The normalized spacial score (nSPS) is 10.0. The van der Waals surface area contributed by atoms with Crippen LogP contribution in [0.4, 0.5) is 5.82 Å². The maximum atomic E-state index is 8.93. The minimum absolute atomic E-state index is 0.575. The van der Waals surface area contributed by atoms with Gasteiger partial charge in [-0.15, -0.1) is 11.3 Å². The van der Waals surface area contributed by atoms with Crippen LogP contribution in [0.3, 0.4) is 0 Å². The van der Waals surface area contributed by atoms with E-state index in [1.165, 1.54) is 4.88 Å². The summed E-state index contributed by atoms with van der Waals surface area (Å²) >= 11 is 1.74. The van der Waals surface area contributed by atoms with Gasteiger partial charge in [0.05, 0.1) is 10.6 Å². The van der Waals surface area contributed by atoms with E-state index in [4.69, 9.17) is 5.26 Å². The molecule has 0 atom stereocenters. The van der Waals surface area contributed by atoms with Gasteiger partial charge in [0.15, 0.2) is 0 Å². The first kappa shape index (κ1) is 12.5. The lowest BCUT2D eigenvalue weighted by Gasteiger charge is -2.04. The van der Waals surface area contributed by atoms with Crippen LogP contribution in [0.25, 0.3) is 0 Å². The number of thiazole rings is 1. The number of nitriles is 1. The summed E-state index contributed by atoms with van der Waals surface area (Å²) in [6.45, 7) is 2.87. The molecule has 0 aliphatic rings. The van der Waals surface area contributed by atoms with Crippen molar-refractivity contribution in [1.82, 2.24) is 9.97 Å². The highest BCUT2D eigenvalue weighted by atomic mass is 32.1. The zero-order chi connectivity index (χ0) is 12.8. The SMILES string of the molecule is CCc1cnc(CCNc2ncccc2C#N)s1. The van der Waals surface area contributed by atoms with E-state index in [0.29, 0.717) is 11.4 Å². The minimum atomic E-state index is 0.575. The van der Waals surface area contributed by atoms with Gasteiger partial charge in [0.1, 0.15) is 11.9 Å². The van der Waals surface area contributed by atoms with Crippen molar-refractivity contribution in [1.29, 1.82) is 5.26 Å². The molecule has 0 spiro atoms. The fourth-order valence-corrected chi connectivity index (χ4v) is 2.41. The van der Waals surface area contributed by atoms with Crippen molar-refractivity contribution in [2.24, 2.45) is 0 Å². The van der Waals surface area contributed by atoms with Gasteiger partial charge >= 0.3 is 0 Å². The molecule has 0 bridgehead atoms. The van der Waals surface area contributed by atoms with E-state index < -0.39 is 0 Å². The summed E-state index contributed by atoms with van der Waals surface area (Å²) in [5.41, 5.74) is 0.575. The van der Waals surface area contributed by atoms with Gasteiger partial charge in [0.2, 0.25) is 0 Å². The van der Waals surface area contributed by atoms with Crippen LogP contribution in [0.5, 0.6) is 0 Å². The van der Waals surface area contributed by atoms with Gasteiger partial charge in [0, 0.05) is 30.2 Å². The fourth-order valence-electron chi connectivity index (χ4n) is 1.55. The second kappa shape index (κ2) is 6.12. The smallest absolute Gasteiger partial charge is 0.143 e. The number of nitrogens with one attached hydrogen (secondary N) is 1. The highest BCUT2D eigenvalue weighted by Crippen LogP contribution is 2.14. The number of aryl methyl sites for hydroxylation is 1. The molecular weight excluding hydrogens is 244 g/mol. The minimum Gasteiger partial charge on any atom is -0.369 e. The van der Waals surface area contributed by atoms with Gasteiger partial charge in [-0.25, -0.2) is 9.97 Å². The number of hydrogen-bond acceptors (Lipinski definition) is 5. The molecule has 0 fully saturated rings. The second-order valence-electron chi connectivity index (χ2n) is 3.76. The summed E-state index contributed by atoms with van der Waals surface area (Å²) in [6, 6.07) is 5.64. The van der Waals surface area contributed by atoms with E-state index in [1.54, 1.807) is 29.7 Å². The lowest BCUT2D eigenvalue weighted by Crippen LogP contribution is -2.07. The average molecular weight is 258 g/mol. The Morgan fingerprint density at radius 2 is 2.33 bits per heavy atom. The van der Waals surface area contributed by atoms with Crippen LogP contribution in [0, 0.1) is 11.3 Å². The number of aromatic nitrogens is 2. The Morgan fingerprint density at radius 1 is 1.44 bits per heavy atom. The third-order valence-electron chi connectivity index (χ3n) is 2.51. The van der Waals surface area contributed by atoms with Crippen LogP contribution in [0.2, 0.25) is 0 Å². The van der Waals surface area contributed by atoms with Crippen molar-refractivity contribution in [2.45, 2.75) is 19.8 Å². The molecule has 0 unspecified atom stereocenters. The van der Waals surface area contributed by atoms with Gasteiger partial charge in [-0.3, -0.25) is 0 Å². The Morgan fingerprint density at radius 3 is 3.06 bits per heavy atom. The molecule has 1 N–H and O–H groups in total. The second-order valence-corrected chi connectivity index (χ2v) is 4.96. The predicted molar refractivity (Wildman–Crippen MR) is 72.6 cm³/mol. The Hall–Kier alpha value is -1.93. The number of pyridine rings is 1. The van der Waals surface area contributed by atoms with Gasteiger partial charge in [0.25, 0.3) is 0 Å². The molecule has 0 amide bonds. The molecule has 92 valence electrons. The number of anilines is 1. The summed E-state index contributed by atoms with van der Waals surface area (Å²) in [5, 5.41) is 13.2. The molecule has 0 aliphatic carbocycles. The number of rotatable bonds is 5. The maximum Gasteiger partial charge on any atom is 0.143 e. The molecule has 2 aromatic heterocycles. The lowest BCUT2D eigenvalue weighted by atomic mass is 10.3. The Bertz CT molecular complexity index is 556. The van der Waals surface area contributed by atoms with E-state index in [9.17, 15) is 0 Å². The Balaban J connectivity index is 1.90. The molecule has 18 heavy (non-hydrogen) atoms. The van der Waals surface area contributed by atoms with Gasteiger partial charge in [-0.05, 0) is 18.6 Å². The third kappa shape index (κ3) is 3.05. The molecule has 2 heterocycles. The molecular formula is C13H14N4S. The third-order valence-corrected chi connectivity index (χ3v) is 3.71. The summed E-state index contributed by atoms with van der Waals surface area (Å²) in [7, 11) is 0. The van der Waals surface area contributed by atoms with Crippen LogP contribution in [0.1, 0.15) is 22.4 Å². The van der Waals surface area contributed by atoms with Crippen LogP contribution < -0.4 is 5.32 Å². The summed E-state index contributed by atoms with van der Waals surface area (Å²) < 4.78 is 0. The Labute approximate surface area is 110 Å². The first-order valence-corrected chi connectivity index (χ1v) is 6.67. The molecule has 0 radical (unpaired) electrons. The fraction of sp³-hybridized carbons (Fsp3) is 0.308. The van der Waals surface area contributed by atoms with Gasteiger partial charge in [-0.1, -0.05) is 6.92 Å². The van der Waals surface area contributed by atoms with Crippen LogP contribution in [0.15, 0.2) is 24.5 Å². The zero-order valence-electron chi connectivity index (χ0n) is 10.2. The highest BCUT2D eigenvalue weighted by molar-refractivity contribution is 7.11. The average Bonchev–Trinajstić information content (AvgIpc) is 2.87. The zero-order valence-corrected chi connectivity index (χ0v) is 11.0. The van der Waals surface area contributed by atoms with Crippen molar-refractivity contribution >= 4 is 17.2 Å². The lowest BCUT2D eigenvalue weighted by molar-refractivity contribution is 0.985. The number of nitrogens with zero attached hydrogens (tertiary/aromatic N) is 3. The van der Waals surface area contributed by atoms with Crippen molar-refractivity contribution in [3.8, 4) is 6.07 Å². The molecule has 0 saturated carbocycles. The molecule has 2 aromatic rings. The highest BCUT2D eigenvalue weighted by Gasteiger charge is 2.03. The van der Waals surface area contributed by atoms with Crippen molar-refractivity contribution in [3.63, 3.8) is 0 Å². The molecule has 0 saturated heterocycles. The van der Waals surface area contributed by atoms with E-state index in [2.05, 4.69) is 28.3 Å². The molecule has 5 heteroatoms. The molecule has 2 rings (SSSR count). The predicted octanol–water partition coefficient (Wildman–Crippen LogP) is 2.63. The van der Waals surface area contributed by atoms with Crippen molar-refractivity contribution < 1.29 is 0 Å². The first-order chi connectivity index (χ1) is 8.83. The van der Waals surface area contributed by atoms with E-state index in [1.807, 2.05) is 6.20 Å². The van der Waals surface area contributed by atoms with Crippen LogP contribution in [-0.4, -0.2) is 16.5 Å². The van der Waals surface area contributed by atoms with Crippen LogP contribution >= 0.6 is 11.3 Å². The summed E-state index contributed by atoms with van der Waals surface area (Å²) in [4.78, 5) is 9.81. The Kier molecular flexibility index (Phi) is 4.26. The largest absolute Gasteiger partial charge is 0.369 e. The monoisotopic (exact) mass is 258 g/mol. The summed E-state index contributed by atoms with van der Waals surface area (Å²) in [6.07, 6.45) is 5.50. The topological polar surface area (TPSA) is 61.6 Å². The van der Waals surface area contributed by atoms with Crippen molar-refractivity contribution in [3.05, 3.63) is 40.0 Å². The number of hydrogen-bond donors (Lipinski definition) is 1. The molecule has 0 aromatic carbocycles.